The second-order valence-corrected chi connectivity index (χ2v) is 12.4. The van der Waals surface area contributed by atoms with Crippen LogP contribution in [0.25, 0.3) is 0 Å². The van der Waals surface area contributed by atoms with E-state index in [0.717, 1.165) is 38.5 Å². The van der Waals surface area contributed by atoms with Crippen molar-refractivity contribution in [2.75, 3.05) is 41.0 Å². The molecule has 0 aromatic heterocycles. The van der Waals surface area contributed by atoms with Crippen molar-refractivity contribution in [3.8, 4) is 0 Å². The number of hydrogen-bond acceptors (Lipinski definition) is 7. The van der Waals surface area contributed by atoms with Gasteiger partial charge in [0.25, 0.3) is 0 Å². The molecule has 0 aromatic carbocycles. The van der Waals surface area contributed by atoms with Gasteiger partial charge in [-0.05, 0) is 12.8 Å². The summed E-state index contributed by atoms with van der Waals surface area (Å²) in [4.78, 5) is 36.3. The molecule has 8 heteroatoms. The third-order valence-electron chi connectivity index (χ3n) is 7.49. The average molecular weight is 586 g/mol. The van der Waals surface area contributed by atoms with E-state index in [0.29, 0.717) is 12.8 Å². The number of carbonyl (C=O) groups excluding carboxylic acids is 3. The Balaban J connectivity index is 4.46. The Morgan fingerprint density at radius 2 is 1.07 bits per heavy atom. The van der Waals surface area contributed by atoms with Crippen molar-refractivity contribution in [1.82, 2.24) is 0 Å². The minimum absolute atomic E-state index is 0.0468. The molecular weight excluding hydrogens is 522 g/mol. The zero-order valence-corrected chi connectivity index (χ0v) is 27.2. The van der Waals surface area contributed by atoms with Gasteiger partial charge >= 0.3 is 11.9 Å². The smallest absolute Gasteiger partial charge is 0.306 e. The highest BCUT2D eigenvalue weighted by atomic mass is 16.6. The molecule has 2 unspecified atom stereocenters. The fourth-order valence-corrected chi connectivity index (χ4v) is 4.83. The average Bonchev–Trinajstić information content (AvgIpc) is 2.91. The molecule has 0 aliphatic rings. The normalized spacial score (nSPS) is 13.1. The lowest BCUT2D eigenvalue weighted by Gasteiger charge is -2.34. The Bertz CT molecular complexity index is 662. The summed E-state index contributed by atoms with van der Waals surface area (Å²) >= 11 is 0. The maximum Gasteiger partial charge on any atom is 0.306 e. The molecule has 0 aliphatic carbocycles. The van der Waals surface area contributed by atoms with E-state index in [4.69, 9.17) is 14.2 Å². The van der Waals surface area contributed by atoms with Gasteiger partial charge in [-0.25, -0.2) is 0 Å². The standard InChI is InChI=1S/C33H63NO7/c1-6-8-10-12-14-15-16-18-19-21-23-31(35)40-28-29(27-39-26-25-30(33(37)38)34(3,4)5)41-32(36)24-22-20-17-13-11-9-7-2/h29-30H,6-28H2,1-5H3. The van der Waals surface area contributed by atoms with Gasteiger partial charge in [0.1, 0.15) is 12.6 Å². The molecule has 41 heavy (non-hydrogen) atoms. The van der Waals surface area contributed by atoms with Crippen molar-refractivity contribution in [2.45, 2.75) is 154 Å². The monoisotopic (exact) mass is 585 g/mol. The van der Waals surface area contributed by atoms with Gasteiger partial charge < -0.3 is 28.6 Å². The lowest BCUT2D eigenvalue weighted by Crippen LogP contribution is -2.55. The Hall–Kier alpha value is -1.67. The van der Waals surface area contributed by atoms with E-state index in [1.807, 2.05) is 0 Å². The van der Waals surface area contributed by atoms with E-state index in [9.17, 15) is 19.5 Å². The minimum Gasteiger partial charge on any atom is -0.544 e. The molecule has 0 aromatic rings. The third-order valence-corrected chi connectivity index (χ3v) is 7.49. The molecule has 0 radical (unpaired) electrons. The molecule has 0 rings (SSSR count). The molecule has 0 heterocycles. The van der Waals surface area contributed by atoms with Crippen LogP contribution < -0.4 is 5.11 Å². The molecule has 8 nitrogen and oxygen atoms in total. The van der Waals surface area contributed by atoms with E-state index in [1.54, 1.807) is 21.1 Å². The first-order chi connectivity index (χ1) is 19.6. The van der Waals surface area contributed by atoms with Crippen LogP contribution in [0.3, 0.4) is 0 Å². The quantitative estimate of drug-likeness (QED) is 0.0592. The van der Waals surface area contributed by atoms with Gasteiger partial charge in [-0.3, -0.25) is 9.59 Å². The molecule has 0 amide bonds. The van der Waals surface area contributed by atoms with Gasteiger partial charge in [-0.2, -0.15) is 0 Å². The lowest BCUT2D eigenvalue weighted by atomic mass is 10.1. The van der Waals surface area contributed by atoms with Crippen molar-refractivity contribution >= 4 is 17.9 Å². The van der Waals surface area contributed by atoms with E-state index in [2.05, 4.69) is 13.8 Å². The van der Waals surface area contributed by atoms with Crippen LogP contribution in [-0.2, 0) is 28.6 Å². The Labute approximate surface area is 251 Å². The number of aliphatic carboxylic acids is 1. The number of nitrogens with zero attached hydrogens (tertiary/aromatic N) is 1. The second-order valence-electron chi connectivity index (χ2n) is 12.4. The molecule has 2 atom stereocenters. The number of likely N-dealkylation sites (N-methyl/N-ethyl adjacent to an activating group) is 1. The number of carboxylic acids is 1. The number of quaternary nitrogens is 1. The zero-order valence-electron chi connectivity index (χ0n) is 27.2. The summed E-state index contributed by atoms with van der Waals surface area (Å²) in [5.41, 5.74) is 0. The van der Waals surface area contributed by atoms with Crippen LogP contribution in [0, 0.1) is 0 Å². The number of hydrogen-bond donors (Lipinski definition) is 0. The zero-order chi connectivity index (χ0) is 30.8. The van der Waals surface area contributed by atoms with E-state index in [-0.39, 0.29) is 42.7 Å². The minimum atomic E-state index is -1.13. The fraction of sp³-hybridized carbons (Fsp3) is 0.909. The van der Waals surface area contributed by atoms with Gasteiger partial charge in [0.15, 0.2) is 6.10 Å². The second kappa shape index (κ2) is 26.0. The Kier molecular flexibility index (Phi) is 24.9. The molecule has 0 saturated heterocycles. The summed E-state index contributed by atoms with van der Waals surface area (Å²) < 4.78 is 16.9. The van der Waals surface area contributed by atoms with Crippen LogP contribution in [0.5, 0.6) is 0 Å². The van der Waals surface area contributed by atoms with E-state index >= 15 is 0 Å². The van der Waals surface area contributed by atoms with Crippen LogP contribution in [0.15, 0.2) is 0 Å². The summed E-state index contributed by atoms with van der Waals surface area (Å²) in [6.45, 7) is 4.58. The molecule has 0 saturated carbocycles. The highest BCUT2D eigenvalue weighted by Crippen LogP contribution is 2.13. The van der Waals surface area contributed by atoms with Gasteiger partial charge in [0.2, 0.25) is 0 Å². The molecule has 242 valence electrons. The summed E-state index contributed by atoms with van der Waals surface area (Å²) in [5, 5.41) is 11.5. The Morgan fingerprint density at radius 3 is 1.51 bits per heavy atom. The van der Waals surface area contributed by atoms with Crippen LogP contribution >= 0.6 is 0 Å². The van der Waals surface area contributed by atoms with Gasteiger partial charge in [0.05, 0.1) is 40.3 Å². The highest BCUT2D eigenvalue weighted by Gasteiger charge is 2.25. The van der Waals surface area contributed by atoms with Gasteiger partial charge in [-0.1, -0.05) is 110 Å². The van der Waals surface area contributed by atoms with Crippen LogP contribution in [0.2, 0.25) is 0 Å². The van der Waals surface area contributed by atoms with Crippen LogP contribution in [0.4, 0.5) is 0 Å². The fourth-order valence-electron chi connectivity index (χ4n) is 4.83. The summed E-state index contributed by atoms with van der Waals surface area (Å²) in [6, 6.07) is -0.716. The predicted molar refractivity (Wildman–Crippen MR) is 162 cm³/mol. The van der Waals surface area contributed by atoms with Crippen molar-refractivity contribution in [1.29, 1.82) is 0 Å². The van der Waals surface area contributed by atoms with Crippen molar-refractivity contribution in [2.24, 2.45) is 0 Å². The molecule has 0 spiro atoms. The Morgan fingerprint density at radius 1 is 0.634 bits per heavy atom. The largest absolute Gasteiger partial charge is 0.544 e. The van der Waals surface area contributed by atoms with Gasteiger partial charge in [-0.15, -0.1) is 0 Å². The van der Waals surface area contributed by atoms with Crippen molar-refractivity contribution < 1.29 is 38.2 Å². The van der Waals surface area contributed by atoms with E-state index < -0.39 is 18.1 Å². The van der Waals surface area contributed by atoms with Gasteiger partial charge in [0, 0.05) is 19.3 Å². The first-order valence-electron chi connectivity index (χ1n) is 16.6. The molecule has 0 bridgehead atoms. The van der Waals surface area contributed by atoms with Crippen molar-refractivity contribution in [3.63, 3.8) is 0 Å². The van der Waals surface area contributed by atoms with Crippen LogP contribution in [-0.4, -0.2) is 75.5 Å². The number of rotatable bonds is 29. The number of esters is 2. The summed E-state index contributed by atoms with van der Waals surface area (Å²) in [7, 11) is 5.38. The van der Waals surface area contributed by atoms with E-state index in [1.165, 1.54) is 70.6 Å². The highest BCUT2D eigenvalue weighted by molar-refractivity contribution is 5.70. The first-order valence-corrected chi connectivity index (χ1v) is 16.6. The molecule has 0 fully saturated rings. The third kappa shape index (κ3) is 24.6. The summed E-state index contributed by atoms with van der Waals surface area (Å²) in [6.07, 6.45) is 20.0. The number of unbranched alkanes of at least 4 members (excludes halogenated alkanes) is 15. The number of carbonyl (C=O) groups is 3. The summed E-state index contributed by atoms with van der Waals surface area (Å²) in [5.74, 6) is -1.74. The molecular formula is C33H63NO7. The SMILES string of the molecule is CCCCCCCCCCCCC(=O)OCC(COCCC(C(=O)[O-])[N+](C)(C)C)OC(=O)CCCCCCCCC. The number of ether oxygens (including phenoxy) is 3. The molecule has 0 N–H and O–H groups in total. The number of carboxylic acid groups (broad SMARTS) is 1. The molecule has 0 aliphatic heterocycles. The lowest BCUT2D eigenvalue weighted by molar-refractivity contribution is -0.889. The maximum absolute atomic E-state index is 12.5. The first kappa shape index (κ1) is 39.3. The van der Waals surface area contributed by atoms with Crippen molar-refractivity contribution in [3.05, 3.63) is 0 Å². The topological polar surface area (TPSA) is 102 Å². The maximum atomic E-state index is 12.5. The predicted octanol–water partition coefficient (Wildman–Crippen LogP) is 6.12. The van der Waals surface area contributed by atoms with Crippen LogP contribution in [0.1, 0.15) is 142 Å².